The van der Waals surface area contributed by atoms with Gasteiger partial charge in [-0.2, -0.15) is 0 Å². The maximum absolute atomic E-state index is 5.96. The molecule has 1 aromatic carbocycles. The van der Waals surface area contributed by atoms with Crippen LogP contribution >= 0.6 is 11.6 Å². The van der Waals surface area contributed by atoms with E-state index >= 15 is 0 Å². The smallest absolute Gasteiger partial charge is 0.147 e. The quantitative estimate of drug-likeness (QED) is 0.792. The Morgan fingerprint density at radius 2 is 2.33 bits per heavy atom. The number of halogens is 1. The lowest BCUT2D eigenvalue weighted by Gasteiger charge is -2.19. The van der Waals surface area contributed by atoms with Crippen molar-refractivity contribution in [3.05, 3.63) is 24.0 Å². The molecule has 0 radical (unpaired) electrons. The SMILES string of the molecule is CCOc1cccc2c1nc(CCCl)n2C1CCOC1C. The minimum Gasteiger partial charge on any atom is -0.492 e. The molecule has 0 saturated carbocycles. The minimum atomic E-state index is 0.201. The predicted molar refractivity (Wildman–Crippen MR) is 84.4 cm³/mol. The van der Waals surface area contributed by atoms with Gasteiger partial charge in [0.1, 0.15) is 17.1 Å². The van der Waals surface area contributed by atoms with Crippen molar-refractivity contribution in [2.45, 2.75) is 38.8 Å². The van der Waals surface area contributed by atoms with Crippen LogP contribution < -0.4 is 4.74 Å². The molecule has 0 bridgehead atoms. The second-order valence-corrected chi connectivity index (χ2v) is 5.70. The number of aromatic nitrogens is 2. The van der Waals surface area contributed by atoms with Gasteiger partial charge in [-0.3, -0.25) is 0 Å². The molecule has 0 N–H and O–H groups in total. The molecule has 1 aromatic heterocycles. The predicted octanol–water partition coefficient (Wildman–Crippen LogP) is 3.57. The molecule has 0 amide bonds. The summed E-state index contributed by atoms with van der Waals surface area (Å²) in [4.78, 5) is 4.80. The molecular formula is C16H21ClN2O2. The van der Waals surface area contributed by atoms with Crippen molar-refractivity contribution < 1.29 is 9.47 Å². The third kappa shape index (κ3) is 2.62. The zero-order valence-corrected chi connectivity index (χ0v) is 13.3. The summed E-state index contributed by atoms with van der Waals surface area (Å²) in [5.74, 6) is 2.43. The number of ether oxygens (including phenoxy) is 2. The Hall–Kier alpha value is -1.26. The third-order valence-electron chi connectivity index (χ3n) is 4.04. The topological polar surface area (TPSA) is 36.3 Å². The fourth-order valence-electron chi connectivity index (χ4n) is 3.10. The van der Waals surface area contributed by atoms with Crippen LogP contribution in [-0.4, -0.2) is 34.7 Å². The maximum atomic E-state index is 5.96. The van der Waals surface area contributed by atoms with Crippen LogP contribution in [0.4, 0.5) is 0 Å². The van der Waals surface area contributed by atoms with Crippen molar-refractivity contribution >= 4 is 22.6 Å². The van der Waals surface area contributed by atoms with E-state index in [0.717, 1.165) is 42.1 Å². The van der Waals surface area contributed by atoms with Crippen molar-refractivity contribution in [3.63, 3.8) is 0 Å². The zero-order chi connectivity index (χ0) is 14.8. The van der Waals surface area contributed by atoms with Gasteiger partial charge in [-0.25, -0.2) is 4.98 Å². The van der Waals surface area contributed by atoms with Gasteiger partial charge in [0.15, 0.2) is 0 Å². The van der Waals surface area contributed by atoms with E-state index in [1.165, 1.54) is 0 Å². The van der Waals surface area contributed by atoms with Crippen LogP contribution in [0.25, 0.3) is 11.0 Å². The molecule has 2 aromatic rings. The molecule has 1 fully saturated rings. The number of nitrogens with zero attached hydrogens (tertiary/aromatic N) is 2. The van der Waals surface area contributed by atoms with Gasteiger partial charge in [0.2, 0.25) is 0 Å². The van der Waals surface area contributed by atoms with E-state index in [4.69, 9.17) is 26.1 Å². The first kappa shape index (κ1) is 14.7. The normalized spacial score (nSPS) is 22.0. The molecule has 1 aliphatic heterocycles. The number of para-hydroxylation sites is 1. The van der Waals surface area contributed by atoms with Gasteiger partial charge >= 0.3 is 0 Å². The second-order valence-electron chi connectivity index (χ2n) is 5.33. The van der Waals surface area contributed by atoms with Gasteiger partial charge < -0.3 is 14.0 Å². The second kappa shape index (κ2) is 6.24. The number of benzene rings is 1. The minimum absolute atomic E-state index is 0.201. The highest BCUT2D eigenvalue weighted by molar-refractivity contribution is 6.17. The lowest BCUT2D eigenvalue weighted by molar-refractivity contribution is 0.108. The summed E-state index contributed by atoms with van der Waals surface area (Å²) in [5.41, 5.74) is 2.04. The first-order valence-corrected chi connectivity index (χ1v) is 8.10. The lowest BCUT2D eigenvalue weighted by atomic mass is 10.1. The average molecular weight is 309 g/mol. The van der Waals surface area contributed by atoms with Gasteiger partial charge in [0.25, 0.3) is 0 Å². The number of imidazole rings is 1. The summed E-state index contributed by atoms with van der Waals surface area (Å²) in [6, 6.07) is 6.43. The van der Waals surface area contributed by atoms with E-state index in [1.807, 2.05) is 19.1 Å². The molecule has 2 unspecified atom stereocenters. The summed E-state index contributed by atoms with van der Waals surface area (Å²) < 4.78 is 13.8. The van der Waals surface area contributed by atoms with Gasteiger partial charge in [0.05, 0.1) is 24.3 Å². The van der Waals surface area contributed by atoms with Crippen LogP contribution in [-0.2, 0) is 11.2 Å². The van der Waals surface area contributed by atoms with Crippen molar-refractivity contribution in [3.8, 4) is 5.75 Å². The van der Waals surface area contributed by atoms with Gasteiger partial charge in [-0.1, -0.05) is 6.07 Å². The van der Waals surface area contributed by atoms with Crippen LogP contribution in [0.1, 0.15) is 32.1 Å². The fourth-order valence-corrected chi connectivity index (χ4v) is 3.27. The third-order valence-corrected chi connectivity index (χ3v) is 4.23. The average Bonchev–Trinajstić information content (AvgIpc) is 3.03. The number of rotatable bonds is 5. The van der Waals surface area contributed by atoms with Crippen LogP contribution in [0.2, 0.25) is 0 Å². The number of fused-ring (bicyclic) bond motifs is 1. The van der Waals surface area contributed by atoms with E-state index in [2.05, 4.69) is 17.6 Å². The number of alkyl halides is 1. The molecular weight excluding hydrogens is 288 g/mol. The first-order valence-electron chi connectivity index (χ1n) is 7.56. The van der Waals surface area contributed by atoms with E-state index in [-0.39, 0.29) is 6.10 Å². The molecule has 2 heterocycles. The highest BCUT2D eigenvalue weighted by Gasteiger charge is 2.29. The van der Waals surface area contributed by atoms with E-state index in [1.54, 1.807) is 0 Å². The molecule has 5 heteroatoms. The number of hydrogen-bond donors (Lipinski definition) is 0. The fraction of sp³-hybridized carbons (Fsp3) is 0.562. The summed E-state index contributed by atoms with van der Waals surface area (Å²) in [6.07, 6.45) is 1.97. The Labute approximate surface area is 130 Å². The van der Waals surface area contributed by atoms with Crippen LogP contribution in [0.15, 0.2) is 18.2 Å². The Morgan fingerprint density at radius 1 is 1.48 bits per heavy atom. The Kier molecular flexibility index (Phi) is 4.36. The van der Waals surface area contributed by atoms with Crippen molar-refractivity contribution in [2.75, 3.05) is 19.1 Å². The molecule has 21 heavy (non-hydrogen) atoms. The molecule has 4 nitrogen and oxygen atoms in total. The van der Waals surface area contributed by atoms with Crippen molar-refractivity contribution in [1.29, 1.82) is 0 Å². The van der Waals surface area contributed by atoms with Gasteiger partial charge in [-0.15, -0.1) is 11.6 Å². The molecule has 114 valence electrons. The molecule has 0 aliphatic carbocycles. The monoisotopic (exact) mass is 308 g/mol. The van der Waals surface area contributed by atoms with Gasteiger partial charge in [0, 0.05) is 18.9 Å². The summed E-state index contributed by atoms with van der Waals surface area (Å²) in [5, 5.41) is 0. The van der Waals surface area contributed by atoms with Gasteiger partial charge in [-0.05, 0) is 32.4 Å². The van der Waals surface area contributed by atoms with E-state index in [0.29, 0.717) is 18.5 Å². The Bertz CT molecular complexity index is 626. The molecule has 0 spiro atoms. The number of aryl methyl sites for hydroxylation is 1. The number of hydrogen-bond acceptors (Lipinski definition) is 3. The van der Waals surface area contributed by atoms with Crippen molar-refractivity contribution in [1.82, 2.24) is 9.55 Å². The lowest BCUT2D eigenvalue weighted by Crippen LogP contribution is -2.19. The Balaban J connectivity index is 2.15. The van der Waals surface area contributed by atoms with E-state index in [9.17, 15) is 0 Å². The Morgan fingerprint density at radius 3 is 3.00 bits per heavy atom. The highest BCUT2D eigenvalue weighted by Crippen LogP contribution is 2.34. The summed E-state index contributed by atoms with van der Waals surface area (Å²) >= 11 is 5.96. The highest BCUT2D eigenvalue weighted by atomic mass is 35.5. The summed E-state index contributed by atoms with van der Waals surface area (Å²) in [7, 11) is 0. The molecule has 1 saturated heterocycles. The summed E-state index contributed by atoms with van der Waals surface area (Å²) in [6.45, 7) is 5.56. The molecule has 1 aliphatic rings. The standard InChI is InChI=1S/C16H21ClN2O2/c1-3-20-14-6-4-5-13-16(14)18-15(7-9-17)19(13)12-8-10-21-11(12)2/h4-6,11-12H,3,7-10H2,1-2H3. The van der Waals surface area contributed by atoms with Crippen molar-refractivity contribution in [2.24, 2.45) is 0 Å². The first-order chi connectivity index (χ1) is 10.3. The van der Waals surface area contributed by atoms with Crippen LogP contribution in [0.3, 0.4) is 0 Å². The van der Waals surface area contributed by atoms with E-state index < -0.39 is 0 Å². The zero-order valence-electron chi connectivity index (χ0n) is 12.5. The maximum Gasteiger partial charge on any atom is 0.147 e. The van der Waals surface area contributed by atoms with Crippen LogP contribution in [0.5, 0.6) is 5.75 Å². The van der Waals surface area contributed by atoms with Crippen LogP contribution in [0, 0.1) is 0 Å². The molecule has 3 rings (SSSR count). The largest absolute Gasteiger partial charge is 0.492 e. The molecule has 2 atom stereocenters.